The van der Waals surface area contributed by atoms with Crippen molar-refractivity contribution in [3.8, 4) is 11.4 Å². The highest BCUT2D eigenvalue weighted by molar-refractivity contribution is 6.67. The molecule has 16 nitrogen and oxygen atoms in total. The summed E-state index contributed by atoms with van der Waals surface area (Å²) in [5.74, 6) is -0.901. The molecule has 0 bridgehead atoms. The van der Waals surface area contributed by atoms with Crippen LogP contribution < -0.4 is 22.5 Å². The Bertz CT molecular complexity index is 2560. The molecule has 0 atom stereocenters. The van der Waals surface area contributed by atoms with Gasteiger partial charge in [0.1, 0.15) is 11.4 Å². The van der Waals surface area contributed by atoms with Crippen molar-refractivity contribution < 1.29 is 45.8 Å². The number of nitrogens with zero attached hydrogens (tertiary/aromatic N) is 6. The molecule has 0 saturated heterocycles. The van der Waals surface area contributed by atoms with E-state index < -0.39 is 50.2 Å². The number of nitro benzene ring substituents is 2. The first-order valence-electron chi connectivity index (χ1n) is 16.2. The molecule has 59 heavy (non-hydrogen) atoms. The zero-order valence-electron chi connectivity index (χ0n) is 30.2. The second-order valence-corrected chi connectivity index (χ2v) is 12.5. The van der Waals surface area contributed by atoms with Crippen LogP contribution in [0.3, 0.4) is 0 Å². The van der Waals surface area contributed by atoms with Gasteiger partial charge in [-0.25, -0.2) is 9.97 Å². The normalized spacial score (nSPS) is 11.1. The number of nitrogens with two attached hydrogens (primary N) is 3. The summed E-state index contributed by atoms with van der Waals surface area (Å²) in [6.07, 6.45) is -3.48. The van der Waals surface area contributed by atoms with Gasteiger partial charge in [-0.2, -0.15) is 26.3 Å². The number of benzene rings is 4. The van der Waals surface area contributed by atoms with Crippen molar-refractivity contribution in [2.45, 2.75) is 26.2 Å². The summed E-state index contributed by atoms with van der Waals surface area (Å²) in [7, 11) is 0. The number of aryl methyl sites for hydroxylation is 2. The van der Waals surface area contributed by atoms with E-state index in [-0.39, 0.29) is 50.9 Å². The van der Waals surface area contributed by atoms with E-state index in [0.717, 1.165) is 24.3 Å². The minimum atomic E-state index is -4.69. The fourth-order valence-corrected chi connectivity index (χ4v) is 5.07. The smallest absolute Gasteiger partial charge is 0.397 e. The van der Waals surface area contributed by atoms with Crippen molar-refractivity contribution in [1.29, 1.82) is 0 Å². The van der Waals surface area contributed by atoms with Gasteiger partial charge in [-0.1, -0.05) is 12.1 Å². The molecule has 0 aliphatic rings. The number of aromatic nitrogens is 4. The lowest BCUT2D eigenvalue weighted by molar-refractivity contribution is -0.384. The summed E-state index contributed by atoms with van der Waals surface area (Å²) >= 11 is 5.26. The molecule has 23 heteroatoms. The van der Waals surface area contributed by atoms with Crippen molar-refractivity contribution >= 4 is 56.9 Å². The average Bonchev–Trinajstić information content (AvgIpc) is 3.80. The first-order chi connectivity index (χ1) is 27.5. The molecule has 0 unspecified atom stereocenters. The van der Waals surface area contributed by atoms with Crippen LogP contribution >= 0.6 is 11.6 Å². The Balaban J connectivity index is 0.000000219. The molecule has 2 heterocycles. The molecular weight excluding hydrogens is 818 g/mol. The van der Waals surface area contributed by atoms with Gasteiger partial charge in [0.2, 0.25) is 0 Å². The highest BCUT2D eigenvalue weighted by atomic mass is 35.5. The van der Waals surface area contributed by atoms with E-state index in [2.05, 4.69) is 15.3 Å². The van der Waals surface area contributed by atoms with Crippen molar-refractivity contribution in [2.75, 3.05) is 22.5 Å². The molecule has 4 aromatic carbocycles. The van der Waals surface area contributed by atoms with Crippen LogP contribution in [0.1, 0.15) is 43.2 Å². The lowest BCUT2D eigenvalue weighted by atomic mass is 10.1. The summed E-state index contributed by atoms with van der Waals surface area (Å²) in [6, 6.07) is 13.9. The molecule has 1 amide bonds. The molecule has 0 aliphatic carbocycles. The maximum atomic E-state index is 13.3. The van der Waals surface area contributed by atoms with Gasteiger partial charge >= 0.3 is 12.4 Å². The van der Waals surface area contributed by atoms with Gasteiger partial charge in [-0.15, -0.1) is 0 Å². The quantitative estimate of drug-likeness (QED) is 0.0391. The Morgan fingerprint density at radius 3 is 1.54 bits per heavy atom. The minimum absolute atomic E-state index is 0.0255. The van der Waals surface area contributed by atoms with Crippen LogP contribution in [0, 0.1) is 34.1 Å². The summed E-state index contributed by atoms with van der Waals surface area (Å²) in [5.41, 5.74) is 14.7. The average molecular weight is 847 g/mol. The number of nitrogen functional groups attached to an aromatic ring is 3. The van der Waals surface area contributed by atoms with E-state index >= 15 is 0 Å². The maximum Gasteiger partial charge on any atom is 0.416 e. The van der Waals surface area contributed by atoms with Crippen LogP contribution in [-0.2, 0) is 12.4 Å². The summed E-state index contributed by atoms with van der Waals surface area (Å²) < 4.78 is 80.9. The molecule has 6 aromatic rings. The SMILES string of the molecule is Cc1cn(-c2cc(C(=O)Cl)cc(C(F)(F)F)c2)cn1.Cc1cn(-c2cc(C(=O)Nc3cccc([N+](=O)[O-])c3N)cc(C(F)(F)F)c2)cn1.Nc1cccc([N+](=O)[O-])c1N. The van der Waals surface area contributed by atoms with Gasteiger partial charge in [-0.05, 0) is 74.0 Å². The highest BCUT2D eigenvalue weighted by Crippen LogP contribution is 2.34. The number of amides is 1. The molecule has 0 spiro atoms. The van der Waals surface area contributed by atoms with Crippen LogP contribution in [0.25, 0.3) is 11.4 Å². The molecule has 308 valence electrons. The Labute approximate surface area is 333 Å². The van der Waals surface area contributed by atoms with Crippen LogP contribution in [-0.4, -0.2) is 40.1 Å². The molecule has 0 saturated carbocycles. The number of alkyl halides is 6. The van der Waals surface area contributed by atoms with Crippen LogP contribution in [0.5, 0.6) is 0 Å². The lowest BCUT2D eigenvalue weighted by Crippen LogP contribution is -2.16. The van der Waals surface area contributed by atoms with Gasteiger partial charge < -0.3 is 31.7 Å². The number of nitro groups is 2. The van der Waals surface area contributed by atoms with Crippen molar-refractivity contribution in [1.82, 2.24) is 19.1 Å². The Hall–Kier alpha value is -7.49. The molecule has 7 N–H and O–H groups in total. The Kier molecular flexibility index (Phi) is 13.3. The van der Waals surface area contributed by atoms with E-state index in [0.29, 0.717) is 17.5 Å². The molecule has 0 aliphatic heterocycles. The number of anilines is 4. The third kappa shape index (κ3) is 11.3. The third-order valence-electron chi connectivity index (χ3n) is 7.84. The fraction of sp³-hybridized carbons (Fsp3) is 0.111. The largest absolute Gasteiger partial charge is 0.416 e. The predicted octanol–water partition coefficient (Wildman–Crippen LogP) is 8.28. The number of imidazole rings is 2. The van der Waals surface area contributed by atoms with Crippen molar-refractivity contribution in [2.24, 2.45) is 0 Å². The Morgan fingerprint density at radius 1 is 0.695 bits per heavy atom. The summed E-state index contributed by atoms with van der Waals surface area (Å²) in [6.45, 7) is 3.38. The van der Waals surface area contributed by atoms with Gasteiger partial charge in [0, 0.05) is 47.0 Å². The number of carbonyl (C=O) groups excluding carboxylic acids is 2. The first-order valence-corrected chi connectivity index (χ1v) is 16.6. The standard InChI is InChI=1S/C18H14F3N5O3.C12H8ClF3N2O.C6H7N3O2/c1-10-8-25(9-23-10)13-6-11(5-12(7-13)18(19,20)21)17(27)24-14-3-2-4-15(16(14)22)26(28)29;1-7-5-18(6-17-7)10-3-8(11(13)19)2-9(4-10)12(14,15)16;7-4-2-1-3-5(6(4)8)9(10)11/h2-9H,22H2,1H3,(H,24,27);2-6H,1H3;1-3H,7-8H2. The molecule has 6 rings (SSSR count). The number of hydrogen-bond donors (Lipinski definition) is 4. The zero-order chi connectivity index (χ0) is 44.0. The van der Waals surface area contributed by atoms with Crippen molar-refractivity contribution in [3.05, 3.63) is 152 Å². The molecule has 2 aromatic heterocycles. The number of halogens is 7. The summed E-state index contributed by atoms with van der Waals surface area (Å²) in [5, 5.41) is 22.6. The van der Waals surface area contributed by atoms with E-state index in [1.807, 2.05) is 0 Å². The van der Waals surface area contributed by atoms with Gasteiger partial charge in [0.15, 0.2) is 0 Å². The van der Waals surface area contributed by atoms with Gasteiger partial charge in [0.25, 0.3) is 22.5 Å². The third-order valence-corrected chi connectivity index (χ3v) is 8.06. The summed E-state index contributed by atoms with van der Waals surface area (Å²) in [4.78, 5) is 51.5. The lowest BCUT2D eigenvalue weighted by Gasteiger charge is -2.13. The molecular formula is C36H29ClF6N10O6. The molecule has 0 fully saturated rings. The van der Waals surface area contributed by atoms with E-state index in [9.17, 15) is 56.2 Å². The topological polar surface area (TPSA) is 246 Å². The van der Waals surface area contributed by atoms with E-state index in [1.54, 1.807) is 20.0 Å². The van der Waals surface area contributed by atoms with Gasteiger partial charge in [-0.3, -0.25) is 29.8 Å². The first kappa shape index (κ1) is 44.2. The van der Waals surface area contributed by atoms with E-state index in [1.165, 1.54) is 70.5 Å². The second-order valence-electron chi connectivity index (χ2n) is 12.1. The van der Waals surface area contributed by atoms with E-state index in [4.69, 9.17) is 28.8 Å². The molecule has 0 radical (unpaired) electrons. The number of rotatable bonds is 7. The monoisotopic (exact) mass is 846 g/mol. The second kappa shape index (κ2) is 17.8. The highest BCUT2D eigenvalue weighted by Gasteiger charge is 2.33. The minimum Gasteiger partial charge on any atom is -0.397 e. The van der Waals surface area contributed by atoms with Crippen LogP contribution in [0.4, 0.5) is 60.5 Å². The predicted molar refractivity (Wildman–Crippen MR) is 204 cm³/mol. The van der Waals surface area contributed by atoms with Gasteiger partial charge in [0.05, 0.1) is 56.4 Å². The van der Waals surface area contributed by atoms with Crippen LogP contribution in [0.15, 0.2) is 97.8 Å². The number of hydrogen-bond acceptors (Lipinski definition) is 11. The number of carbonyl (C=O) groups is 2. The zero-order valence-corrected chi connectivity index (χ0v) is 31.0. The fourth-order valence-electron chi connectivity index (χ4n) is 4.96. The number of nitrogens with one attached hydrogen (secondary N) is 1. The number of para-hydroxylation sites is 2. The maximum absolute atomic E-state index is 13.3. The Morgan fingerprint density at radius 2 is 1.14 bits per heavy atom. The van der Waals surface area contributed by atoms with Crippen molar-refractivity contribution in [3.63, 3.8) is 0 Å². The van der Waals surface area contributed by atoms with Crippen LogP contribution in [0.2, 0.25) is 0 Å².